The zero-order valence-corrected chi connectivity index (χ0v) is 11.4. The Labute approximate surface area is 112 Å². The molecular formula is C14H15NO3S. The van der Waals surface area contributed by atoms with Gasteiger partial charge in [0.2, 0.25) is 0 Å². The summed E-state index contributed by atoms with van der Waals surface area (Å²) in [6, 6.07) is 13.4. The van der Waals surface area contributed by atoms with Crippen molar-refractivity contribution in [3.8, 4) is 11.5 Å². The van der Waals surface area contributed by atoms with Crippen molar-refractivity contribution in [2.45, 2.75) is 11.8 Å². The van der Waals surface area contributed by atoms with Gasteiger partial charge in [0, 0.05) is 0 Å². The van der Waals surface area contributed by atoms with Gasteiger partial charge in [-0.1, -0.05) is 19.1 Å². The largest absolute Gasteiger partial charge is 0.455 e. The molecule has 0 aromatic heterocycles. The second kappa shape index (κ2) is 5.32. The summed E-state index contributed by atoms with van der Waals surface area (Å²) < 4.78 is 28.9. The predicted molar refractivity (Wildman–Crippen MR) is 75.1 cm³/mol. The van der Waals surface area contributed by atoms with Crippen molar-refractivity contribution in [3.63, 3.8) is 0 Å². The lowest BCUT2D eigenvalue weighted by Crippen LogP contribution is -2.03. The lowest BCUT2D eigenvalue weighted by molar-refractivity contribution is 0.484. The van der Waals surface area contributed by atoms with E-state index in [1.807, 2.05) is 12.1 Å². The van der Waals surface area contributed by atoms with Gasteiger partial charge in [-0.25, -0.2) is 8.42 Å². The van der Waals surface area contributed by atoms with E-state index < -0.39 is 9.84 Å². The number of hydrogen-bond acceptors (Lipinski definition) is 4. The molecule has 4 nitrogen and oxygen atoms in total. The van der Waals surface area contributed by atoms with Crippen molar-refractivity contribution in [3.05, 3.63) is 48.5 Å². The minimum atomic E-state index is -3.18. The molecule has 0 spiro atoms. The van der Waals surface area contributed by atoms with Gasteiger partial charge < -0.3 is 10.5 Å². The van der Waals surface area contributed by atoms with E-state index in [1.165, 1.54) is 12.1 Å². The number of nitrogens with two attached hydrogens (primary N) is 1. The fraction of sp³-hybridized carbons (Fsp3) is 0.143. The third-order valence-corrected chi connectivity index (χ3v) is 4.46. The Morgan fingerprint density at radius 3 is 2.26 bits per heavy atom. The summed E-state index contributed by atoms with van der Waals surface area (Å²) in [6.45, 7) is 1.62. The molecule has 100 valence electrons. The second-order valence-electron chi connectivity index (χ2n) is 4.01. The van der Waals surface area contributed by atoms with E-state index in [1.54, 1.807) is 31.2 Å². The Morgan fingerprint density at radius 1 is 1.05 bits per heavy atom. The summed E-state index contributed by atoms with van der Waals surface area (Å²) in [5.74, 6) is 1.18. The van der Waals surface area contributed by atoms with Crippen LogP contribution in [-0.2, 0) is 9.84 Å². The molecule has 0 unspecified atom stereocenters. The van der Waals surface area contributed by atoms with Crippen LogP contribution >= 0.6 is 0 Å². The zero-order valence-electron chi connectivity index (χ0n) is 10.5. The molecule has 2 aromatic carbocycles. The molecule has 2 N–H and O–H groups in total. The van der Waals surface area contributed by atoms with Crippen LogP contribution in [0.5, 0.6) is 11.5 Å². The molecule has 0 aliphatic heterocycles. The number of rotatable bonds is 4. The van der Waals surface area contributed by atoms with E-state index in [4.69, 9.17) is 10.5 Å². The number of para-hydroxylation sites is 2. The maximum atomic E-state index is 11.7. The average molecular weight is 277 g/mol. The highest BCUT2D eigenvalue weighted by molar-refractivity contribution is 7.91. The van der Waals surface area contributed by atoms with Crippen LogP contribution in [-0.4, -0.2) is 14.2 Å². The van der Waals surface area contributed by atoms with Crippen molar-refractivity contribution >= 4 is 15.5 Å². The number of ether oxygens (including phenoxy) is 1. The third-order valence-electron chi connectivity index (χ3n) is 2.71. The number of anilines is 1. The van der Waals surface area contributed by atoms with E-state index in [9.17, 15) is 8.42 Å². The van der Waals surface area contributed by atoms with Gasteiger partial charge in [-0.05, 0) is 36.4 Å². The molecule has 19 heavy (non-hydrogen) atoms. The molecule has 0 bridgehead atoms. The molecule has 0 aliphatic carbocycles. The monoisotopic (exact) mass is 277 g/mol. The van der Waals surface area contributed by atoms with Crippen LogP contribution < -0.4 is 10.5 Å². The number of nitrogen functional groups attached to an aromatic ring is 1. The van der Waals surface area contributed by atoms with Crippen LogP contribution in [0.3, 0.4) is 0 Å². The van der Waals surface area contributed by atoms with Gasteiger partial charge in [-0.15, -0.1) is 0 Å². The lowest BCUT2D eigenvalue weighted by atomic mass is 10.3. The van der Waals surface area contributed by atoms with Crippen LogP contribution in [0.2, 0.25) is 0 Å². The molecule has 0 heterocycles. The molecule has 0 saturated heterocycles. The maximum absolute atomic E-state index is 11.7. The van der Waals surface area contributed by atoms with Crippen molar-refractivity contribution in [2.75, 3.05) is 11.5 Å². The molecule has 0 atom stereocenters. The van der Waals surface area contributed by atoms with Gasteiger partial charge in [0.05, 0.1) is 16.3 Å². The van der Waals surface area contributed by atoms with E-state index >= 15 is 0 Å². The van der Waals surface area contributed by atoms with E-state index in [-0.39, 0.29) is 5.75 Å². The normalized spacial score (nSPS) is 11.2. The van der Waals surface area contributed by atoms with Crippen molar-refractivity contribution in [2.24, 2.45) is 0 Å². The summed E-state index contributed by atoms with van der Waals surface area (Å²) in [4.78, 5) is 0.295. The predicted octanol–water partition coefficient (Wildman–Crippen LogP) is 2.85. The lowest BCUT2D eigenvalue weighted by Gasteiger charge is -2.08. The number of benzene rings is 2. The van der Waals surface area contributed by atoms with Gasteiger partial charge >= 0.3 is 0 Å². The van der Waals surface area contributed by atoms with Crippen molar-refractivity contribution < 1.29 is 13.2 Å². The first-order valence-corrected chi connectivity index (χ1v) is 7.53. The Kier molecular flexibility index (Phi) is 3.76. The summed E-state index contributed by atoms with van der Waals surface area (Å²) >= 11 is 0. The number of hydrogen-bond donors (Lipinski definition) is 1. The van der Waals surface area contributed by atoms with Crippen LogP contribution in [0.4, 0.5) is 5.69 Å². The molecule has 0 amide bonds. The average Bonchev–Trinajstić information content (AvgIpc) is 2.42. The molecular weight excluding hydrogens is 262 g/mol. The van der Waals surface area contributed by atoms with Crippen molar-refractivity contribution in [1.29, 1.82) is 0 Å². The highest BCUT2D eigenvalue weighted by atomic mass is 32.2. The molecule has 0 radical (unpaired) electrons. The molecule has 5 heteroatoms. The fourth-order valence-corrected chi connectivity index (χ4v) is 2.47. The van der Waals surface area contributed by atoms with E-state index in [2.05, 4.69) is 0 Å². The van der Waals surface area contributed by atoms with Gasteiger partial charge in [0.25, 0.3) is 0 Å². The SMILES string of the molecule is CCS(=O)(=O)c1ccc(Oc2ccccc2N)cc1. The Morgan fingerprint density at radius 2 is 1.68 bits per heavy atom. The third kappa shape index (κ3) is 3.06. The van der Waals surface area contributed by atoms with Gasteiger partial charge in [-0.3, -0.25) is 0 Å². The Balaban J connectivity index is 2.23. The summed E-state index contributed by atoms with van der Waals surface area (Å²) in [7, 11) is -3.18. The first-order chi connectivity index (χ1) is 9.03. The van der Waals surface area contributed by atoms with Crippen LogP contribution in [0.15, 0.2) is 53.4 Å². The smallest absolute Gasteiger partial charge is 0.178 e. The Bertz CT molecular complexity index is 663. The quantitative estimate of drug-likeness (QED) is 0.872. The number of sulfone groups is 1. The Hall–Kier alpha value is -2.01. The van der Waals surface area contributed by atoms with Gasteiger partial charge in [-0.2, -0.15) is 0 Å². The molecule has 0 fully saturated rings. The highest BCUT2D eigenvalue weighted by Crippen LogP contribution is 2.27. The topological polar surface area (TPSA) is 69.4 Å². The maximum Gasteiger partial charge on any atom is 0.178 e. The van der Waals surface area contributed by atoms with Crippen LogP contribution in [0.25, 0.3) is 0 Å². The summed E-state index contributed by atoms with van der Waals surface area (Å²) in [6.07, 6.45) is 0. The van der Waals surface area contributed by atoms with Crippen molar-refractivity contribution in [1.82, 2.24) is 0 Å². The molecule has 2 rings (SSSR count). The standard InChI is InChI=1S/C14H15NO3S/c1-2-19(16,17)12-9-7-11(8-10-12)18-14-6-4-3-5-13(14)15/h3-10H,2,15H2,1H3. The van der Waals surface area contributed by atoms with Crippen LogP contribution in [0.1, 0.15) is 6.92 Å². The molecule has 0 aliphatic rings. The van der Waals surface area contributed by atoms with E-state index in [0.717, 1.165) is 0 Å². The summed E-state index contributed by atoms with van der Waals surface area (Å²) in [5.41, 5.74) is 6.30. The zero-order chi connectivity index (χ0) is 13.9. The highest BCUT2D eigenvalue weighted by Gasteiger charge is 2.11. The van der Waals surface area contributed by atoms with Gasteiger partial charge in [0.15, 0.2) is 9.84 Å². The first-order valence-electron chi connectivity index (χ1n) is 5.88. The van der Waals surface area contributed by atoms with E-state index in [0.29, 0.717) is 22.1 Å². The minimum absolute atomic E-state index is 0.0822. The molecule has 0 saturated carbocycles. The second-order valence-corrected chi connectivity index (χ2v) is 6.29. The minimum Gasteiger partial charge on any atom is -0.455 e. The van der Waals surface area contributed by atoms with Gasteiger partial charge in [0.1, 0.15) is 11.5 Å². The summed E-state index contributed by atoms with van der Waals surface area (Å²) in [5, 5.41) is 0. The first kappa shape index (κ1) is 13.4. The van der Waals surface area contributed by atoms with Crippen LogP contribution in [0, 0.1) is 0 Å². The fourth-order valence-electron chi connectivity index (χ4n) is 1.58. The molecule has 2 aromatic rings.